The minimum absolute atomic E-state index is 0.180. The van der Waals surface area contributed by atoms with E-state index in [1.54, 1.807) is 0 Å². The third kappa shape index (κ3) is 2.91. The molecule has 5 heteroatoms. The second-order valence-corrected chi connectivity index (χ2v) is 7.15. The highest BCUT2D eigenvalue weighted by Crippen LogP contribution is 2.43. The lowest BCUT2D eigenvalue weighted by Crippen LogP contribution is -2.32. The predicted octanol–water partition coefficient (Wildman–Crippen LogP) is 2.64. The molecule has 1 aromatic heterocycles. The summed E-state index contributed by atoms with van der Waals surface area (Å²) in [5.41, 5.74) is 8.93. The van der Waals surface area contributed by atoms with E-state index in [0.29, 0.717) is 12.0 Å². The van der Waals surface area contributed by atoms with Crippen LogP contribution in [0.15, 0.2) is 0 Å². The van der Waals surface area contributed by atoms with Gasteiger partial charge < -0.3 is 16.0 Å². The summed E-state index contributed by atoms with van der Waals surface area (Å²) in [5.74, 6) is 1.55. The second kappa shape index (κ2) is 6.63. The van der Waals surface area contributed by atoms with Crippen LogP contribution in [0.2, 0.25) is 0 Å². The summed E-state index contributed by atoms with van der Waals surface area (Å²) >= 11 is 0. The van der Waals surface area contributed by atoms with Crippen molar-refractivity contribution in [2.45, 2.75) is 70.3 Å². The van der Waals surface area contributed by atoms with Crippen molar-refractivity contribution in [2.75, 3.05) is 30.8 Å². The number of hydrogen-bond acceptors (Lipinski definition) is 5. The van der Waals surface area contributed by atoms with Crippen LogP contribution in [0.25, 0.3) is 0 Å². The molecule has 0 unspecified atom stereocenters. The topological polar surface area (TPSA) is 67.1 Å². The number of nitrogen functional groups attached to an aromatic ring is 1. The van der Waals surface area contributed by atoms with Crippen LogP contribution < -0.4 is 16.0 Å². The molecule has 1 aromatic rings. The smallest absolute Gasteiger partial charge is 0.222 e. The summed E-state index contributed by atoms with van der Waals surface area (Å²) in [5, 5.41) is 3.39. The van der Waals surface area contributed by atoms with E-state index < -0.39 is 0 Å². The number of nitrogens with zero attached hydrogens (tertiary/aromatic N) is 3. The number of likely N-dealkylation sites (N-methyl/N-ethyl adjacent to an activating group) is 1. The lowest BCUT2D eigenvalue weighted by Gasteiger charge is -2.33. The van der Waals surface area contributed by atoms with E-state index in [1.165, 1.54) is 36.9 Å². The van der Waals surface area contributed by atoms with Crippen LogP contribution in [0.1, 0.15) is 63.6 Å². The van der Waals surface area contributed by atoms with Crippen molar-refractivity contribution in [1.29, 1.82) is 0 Å². The Morgan fingerprint density at radius 2 is 2.04 bits per heavy atom. The summed E-state index contributed by atoms with van der Waals surface area (Å²) in [7, 11) is 2.04. The average molecular weight is 317 g/mol. The standard InChI is InChI=1S/C18H31N5/c1-4-18(5-2)10-7-6-8-14-15(18)21-17(19)22-16(14)23-11-9-13(12-23)20-3/h13,20H,4-12H2,1-3H3,(H2,19,21,22)/t13-/m1/s1. The third-order valence-electron chi connectivity index (χ3n) is 6.09. The van der Waals surface area contributed by atoms with Gasteiger partial charge in [0.25, 0.3) is 0 Å². The molecule has 1 aliphatic carbocycles. The number of hydrogen-bond donors (Lipinski definition) is 2. The number of nitrogens with two attached hydrogens (primary N) is 1. The molecule has 0 amide bonds. The molecule has 1 aliphatic heterocycles. The summed E-state index contributed by atoms with van der Waals surface area (Å²) in [6.07, 6.45) is 8.25. The molecule has 1 saturated heterocycles. The maximum Gasteiger partial charge on any atom is 0.222 e. The van der Waals surface area contributed by atoms with E-state index >= 15 is 0 Å². The van der Waals surface area contributed by atoms with Crippen molar-refractivity contribution in [1.82, 2.24) is 15.3 Å². The maximum atomic E-state index is 6.13. The highest BCUT2D eigenvalue weighted by Gasteiger charge is 2.37. The van der Waals surface area contributed by atoms with Gasteiger partial charge in [0.1, 0.15) is 5.82 Å². The van der Waals surface area contributed by atoms with Gasteiger partial charge in [-0.3, -0.25) is 0 Å². The Bertz CT molecular complexity index is 553. The van der Waals surface area contributed by atoms with E-state index in [2.05, 4.69) is 29.0 Å². The highest BCUT2D eigenvalue weighted by atomic mass is 15.3. The van der Waals surface area contributed by atoms with Gasteiger partial charge in [-0.25, -0.2) is 4.98 Å². The van der Waals surface area contributed by atoms with Crippen molar-refractivity contribution in [3.8, 4) is 0 Å². The lowest BCUT2D eigenvalue weighted by molar-refractivity contribution is 0.351. The Kier molecular flexibility index (Phi) is 4.76. The zero-order chi connectivity index (χ0) is 16.4. The molecule has 3 rings (SSSR count). The molecule has 0 bridgehead atoms. The van der Waals surface area contributed by atoms with Crippen LogP contribution in [-0.2, 0) is 11.8 Å². The molecule has 1 fully saturated rings. The zero-order valence-corrected chi connectivity index (χ0v) is 14.9. The van der Waals surface area contributed by atoms with E-state index in [4.69, 9.17) is 10.7 Å². The van der Waals surface area contributed by atoms with Gasteiger partial charge in [0.2, 0.25) is 5.95 Å². The van der Waals surface area contributed by atoms with Gasteiger partial charge in [0.15, 0.2) is 0 Å². The van der Waals surface area contributed by atoms with E-state index in [0.717, 1.165) is 38.2 Å². The summed E-state index contributed by atoms with van der Waals surface area (Å²) in [4.78, 5) is 11.9. The normalized spacial score (nSPS) is 23.6. The maximum absolute atomic E-state index is 6.13. The SMILES string of the molecule is CCC1(CC)CCCCc2c(N3CC[C@@H](NC)C3)nc(N)nc21. The molecule has 0 saturated carbocycles. The Balaban J connectivity index is 2.07. The molecule has 0 aromatic carbocycles. The Morgan fingerprint density at radius 1 is 1.26 bits per heavy atom. The fourth-order valence-electron chi connectivity index (χ4n) is 4.43. The van der Waals surface area contributed by atoms with Crippen molar-refractivity contribution in [3.05, 3.63) is 11.3 Å². The molecule has 128 valence electrons. The number of anilines is 2. The molecule has 0 spiro atoms. The molecule has 3 N–H and O–H groups in total. The fraction of sp³-hybridized carbons (Fsp3) is 0.778. The number of rotatable bonds is 4. The van der Waals surface area contributed by atoms with E-state index in [9.17, 15) is 0 Å². The van der Waals surface area contributed by atoms with Crippen LogP contribution in [0.4, 0.5) is 11.8 Å². The molecule has 5 nitrogen and oxygen atoms in total. The quantitative estimate of drug-likeness (QED) is 0.836. The molecule has 0 radical (unpaired) electrons. The minimum Gasteiger partial charge on any atom is -0.368 e. The monoisotopic (exact) mass is 317 g/mol. The van der Waals surface area contributed by atoms with Crippen molar-refractivity contribution < 1.29 is 0 Å². The van der Waals surface area contributed by atoms with Gasteiger partial charge in [-0.2, -0.15) is 4.98 Å². The largest absolute Gasteiger partial charge is 0.368 e. The molecule has 2 aliphatic rings. The first-order valence-corrected chi connectivity index (χ1v) is 9.22. The second-order valence-electron chi connectivity index (χ2n) is 7.15. The van der Waals surface area contributed by atoms with Gasteiger partial charge in [0.05, 0.1) is 5.69 Å². The van der Waals surface area contributed by atoms with Crippen LogP contribution >= 0.6 is 0 Å². The lowest BCUT2D eigenvalue weighted by atomic mass is 9.75. The van der Waals surface area contributed by atoms with Gasteiger partial charge >= 0.3 is 0 Å². The van der Waals surface area contributed by atoms with E-state index in [-0.39, 0.29) is 5.41 Å². The first-order chi connectivity index (χ1) is 11.1. The Labute approximate surface area is 140 Å². The van der Waals surface area contributed by atoms with Crippen LogP contribution in [-0.4, -0.2) is 36.1 Å². The van der Waals surface area contributed by atoms with Gasteiger partial charge in [-0.15, -0.1) is 0 Å². The number of nitrogens with one attached hydrogen (secondary N) is 1. The van der Waals surface area contributed by atoms with Gasteiger partial charge in [-0.1, -0.05) is 20.3 Å². The number of aromatic nitrogens is 2. The predicted molar refractivity (Wildman–Crippen MR) is 95.9 cm³/mol. The molecular formula is C18H31N5. The zero-order valence-electron chi connectivity index (χ0n) is 14.9. The summed E-state index contributed by atoms with van der Waals surface area (Å²) < 4.78 is 0. The van der Waals surface area contributed by atoms with Crippen molar-refractivity contribution >= 4 is 11.8 Å². The van der Waals surface area contributed by atoms with Gasteiger partial charge in [-0.05, 0) is 45.6 Å². The molecule has 23 heavy (non-hydrogen) atoms. The van der Waals surface area contributed by atoms with Crippen molar-refractivity contribution in [3.63, 3.8) is 0 Å². The molecule has 1 atom stereocenters. The third-order valence-corrected chi connectivity index (χ3v) is 6.09. The van der Waals surface area contributed by atoms with Crippen molar-refractivity contribution in [2.24, 2.45) is 0 Å². The van der Waals surface area contributed by atoms with Crippen LogP contribution in [0.5, 0.6) is 0 Å². The van der Waals surface area contributed by atoms with Gasteiger partial charge in [0, 0.05) is 30.1 Å². The van der Waals surface area contributed by atoms with E-state index in [1.807, 2.05) is 7.05 Å². The molecule has 2 heterocycles. The first-order valence-electron chi connectivity index (χ1n) is 9.22. The molecular weight excluding hydrogens is 286 g/mol. The Morgan fingerprint density at radius 3 is 2.70 bits per heavy atom. The highest BCUT2D eigenvalue weighted by molar-refractivity contribution is 5.55. The minimum atomic E-state index is 0.180. The summed E-state index contributed by atoms with van der Waals surface area (Å²) in [6.45, 7) is 6.66. The average Bonchev–Trinajstić information content (AvgIpc) is 2.97. The Hall–Kier alpha value is -1.36. The van der Waals surface area contributed by atoms with Crippen LogP contribution in [0.3, 0.4) is 0 Å². The first kappa shape index (κ1) is 16.5. The summed E-state index contributed by atoms with van der Waals surface area (Å²) in [6, 6.07) is 0.551. The number of fused-ring (bicyclic) bond motifs is 1. The fourth-order valence-corrected chi connectivity index (χ4v) is 4.43. The van der Waals surface area contributed by atoms with Crippen LogP contribution in [0, 0.1) is 0 Å².